The highest BCUT2D eigenvalue weighted by molar-refractivity contribution is 7.10. The molecule has 1 rings (SSSR count). The van der Waals surface area contributed by atoms with Crippen molar-refractivity contribution in [3.05, 3.63) is 22.4 Å². The molecule has 0 saturated carbocycles. The Kier molecular flexibility index (Phi) is 4.69. The first-order chi connectivity index (χ1) is 7.11. The molecule has 15 heavy (non-hydrogen) atoms. The molecule has 0 aliphatic rings. The van der Waals surface area contributed by atoms with Gasteiger partial charge in [0.05, 0.1) is 18.8 Å². The van der Waals surface area contributed by atoms with Crippen molar-refractivity contribution in [2.24, 2.45) is 0 Å². The Morgan fingerprint density at radius 2 is 2.13 bits per heavy atom. The number of hydrogen-bond acceptors (Lipinski definition) is 5. The Morgan fingerprint density at radius 3 is 2.60 bits per heavy atom. The zero-order valence-electron chi connectivity index (χ0n) is 8.68. The molecule has 0 bridgehead atoms. The molecule has 1 unspecified atom stereocenters. The summed E-state index contributed by atoms with van der Waals surface area (Å²) in [6, 6.07) is 3.73. The van der Waals surface area contributed by atoms with Crippen LogP contribution in [-0.2, 0) is 0 Å². The fraction of sp³-hybridized carbons (Fsp3) is 0.600. The van der Waals surface area contributed by atoms with Crippen molar-refractivity contribution in [3.8, 4) is 0 Å². The minimum absolute atomic E-state index is 0.166. The molecule has 0 spiro atoms. The number of nitrogens with one attached hydrogen (secondary N) is 1. The van der Waals surface area contributed by atoms with Crippen molar-refractivity contribution in [1.29, 1.82) is 0 Å². The maximum absolute atomic E-state index is 9.75. The lowest BCUT2D eigenvalue weighted by molar-refractivity contribution is 0.0853. The van der Waals surface area contributed by atoms with Gasteiger partial charge in [-0.05, 0) is 18.4 Å². The van der Waals surface area contributed by atoms with Gasteiger partial charge in [-0.2, -0.15) is 0 Å². The lowest BCUT2D eigenvalue weighted by Crippen LogP contribution is -2.50. The van der Waals surface area contributed by atoms with Crippen molar-refractivity contribution >= 4 is 11.3 Å². The molecule has 0 radical (unpaired) electrons. The third kappa shape index (κ3) is 3.55. The molecular weight excluding hydrogens is 214 g/mol. The number of β-amino-alcohol motifs (C(OH)–C–C–N with tert-alkyl or cyclic N) is 1. The van der Waals surface area contributed by atoms with Crippen LogP contribution in [0.1, 0.15) is 17.9 Å². The second-order valence-corrected chi connectivity index (χ2v) is 4.77. The molecule has 4 N–H and O–H groups in total. The number of rotatable bonds is 6. The van der Waals surface area contributed by atoms with E-state index in [9.17, 15) is 5.11 Å². The summed E-state index contributed by atoms with van der Waals surface area (Å²) in [5.41, 5.74) is -0.738. The molecule has 0 fully saturated rings. The first-order valence-electron chi connectivity index (χ1n) is 4.79. The molecule has 1 aromatic rings. The van der Waals surface area contributed by atoms with Crippen LogP contribution in [0, 0.1) is 0 Å². The lowest BCUT2D eigenvalue weighted by atomic mass is 10.1. The highest BCUT2D eigenvalue weighted by Gasteiger charge is 2.22. The van der Waals surface area contributed by atoms with Gasteiger partial charge in [-0.3, -0.25) is 0 Å². The SMILES string of the molecule is CC(CO)(CO)NCC(O)c1cccs1. The smallest absolute Gasteiger partial charge is 0.101 e. The normalized spacial score (nSPS) is 14.1. The molecule has 1 heterocycles. The fourth-order valence-corrected chi connectivity index (χ4v) is 1.80. The molecule has 5 heteroatoms. The summed E-state index contributed by atoms with van der Waals surface area (Å²) in [5.74, 6) is 0. The average molecular weight is 231 g/mol. The first kappa shape index (κ1) is 12.6. The molecule has 0 aromatic carbocycles. The second-order valence-electron chi connectivity index (χ2n) is 3.79. The van der Waals surface area contributed by atoms with Gasteiger partial charge in [-0.1, -0.05) is 6.07 Å². The second kappa shape index (κ2) is 5.58. The van der Waals surface area contributed by atoms with Crippen LogP contribution in [0.3, 0.4) is 0 Å². The molecule has 0 aliphatic heterocycles. The standard InChI is InChI=1S/C10H17NO3S/c1-10(6-12,7-13)11-5-8(14)9-3-2-4-15-9/h2-4,8,11-14H,5-7H2,1H3. The van der Waals surface area contributed by atoms with E-state index in [4.69, 9.17) is 10.2 Å². The summed E-state index contributed by atoms with van der Waals surface area (Å²) in [5, 5.41) is 32.6. The molecule has 1 atom stereocenters. The van der Waals surface area contributed by atoms with E-state index in [-0.39, 0.29) is 13.2 Å². The summed E-state index contributed by atoms with van der Waals surface area (Å²) < 4.78 is 0. The van der Waals surface area contributed by atoms with Crippen LogP contribution in [0.25, 0.3) is 0 Å². The lowest BCUT2D eigenvalue weighted by Gasteiger charge is -2.27. The highest BCUT2D eigenvalue weighted by Crippen LogP contribution is 2.18. The van der Waals surface area contributed by atoms with Crippen molar-refractivity contribution in [2.75, 3.05) is 19.8 Å². The van der Waals surface area contributed by atoms with E-state index in [1.165, 1.54) is 11.3 Å². The van der Waals surface area contributed by atoms with Gasteiger partial charge in [-0.25, -0.2) is 0 Å². The molecule has 0 aliphatic carbocycles. The number of thiophene rings is 1. The minimum Gasteiger partial charge on any atom is -0.394 e. The predicted octanol–water partition coefficient (Wildman–Crippen LogP) is 0.114. The Hall–Kier alpha value is -0.460. The van der Waals surface area contributed by atoms with Crippen LogP contribution in [0.5, 0.6) is 0 Å². The van der Waals surface area contributed by atoms with Crippen molar-refractivity contribution in [1.82, 2.24) is 5.32 Å². The van der Waals surface area contributed by atoms with Gasteiger partial charge >= 0.3 is 0 Å². The van der Waals surface area contributed by atoms with Gasteiger partial charge in [0.25, 0.3) is 0 Å². The van der Waals surface area contributed by atoms with Gasteiger partial charge in [0.15, 0.2) is 0 Å². The molecule has 0 saturated heterocycles. The first-order valence-corrected chi connectivity index (χ1v) is 5.67. The topological polar surface area (TPSA) is 72.7 Å². The summed E-state index contributed by atoms with van der Waals surface area (Å²) in [6.07, 6.45) is -0.595. The van der Waals surface area contributed by atoms with Crippen molar-refractivity contribution in [3.63, 3.8) is 0 Å². The largest absolute Gasteiger partial charge is 0.394 e. The van der Waals surface area contributed by atoms with E-state index in [2.05, 4.69) is 5.32 Å². The van der Waals surface area contributed by atoms with Crippen LogP contribution < -0.4 is 5.32 Å². The van der Waals surface area contributed by atoms with Gasteiger partial charge in [0.1, 0.15) is 6.10 Å². The monoisotopic (exact) mass is 231 g/mol. The van der Waals surface area contributed by atoms with Crippen LogP contribution in [0.2, 0.25) is 0 Å². The quantitative estimate of drug-likeness (QED) is 0.561. The van der Waals surface area contributed by atoms with E-state index in [1.807, 2.05) is 17.5 Å². The predicted molar refractivity (Wildman–Crippen MR) is 59.9 cm³/mol. The van der Waals surface area contributed by atoms with Gasteiger partial charge in [0, 0.05) is 11.4 Å². The molecule has 1 aromatic heterocycles. The summed E-state index contributed by atoms with van der Waals surface area (Å²) in [7, 11) is 0. The Balaban J connectivity index is 2.43. The molecular formula is C10H17NO3S. The van der Waals surface area contributed by atoms with E-state index >= 15 is 0 Å². The van der Waals surface area contributed by atoms with Crippen LogP contribution >= 0.6 is 11.3 Å². The van der Waals surface area contributed by atoms with E-state index < -0.39 is 11.6 Å². The Bertz CT molecular complexity index is 272. The van der Waals surface area contributed by atoms with E-state index in [0.717, 1.165) is 4.88 Å². The molecule has 4 nitrogen and oxygen atoms in total. The van der Waals surface area contributed by atoms with Crippen LogP contribution in [0.15, 0.2) is 17.5 Å². The third-order valence-corrected chi connectivity index (χ3v) is 3.27. The molecule has 0 amide bonds. The van der Waals surface area contributed by atoms with Crippen LogP contribution in [0.4, 0.5) is 0 Å². The van der Waals surface area contributed by atoms with Gasteiger partial charge in [0.2, 0.25) is 0 Å². The summed E-state index contributed by atoms with van der Waals surface area (Å²) >= 11 is 1.48. The maximum Gasteiger partial charge on any atom is 0.101 e. The van der Waals surface area contributed by atoms with Crippen LogP contribution in [-0.4, -0.2) is 40.6 Å². The van der Waals surface area contributed by atoms with Gasteiger partial charge in [-0.15, -0.1) is 11.3 Å². The summed E-state index contributed by atoms with van der Waals surface area (Å²) in [4.78, 5) is 0.876. The number of hydrogen-bond donors (Lipinski definition) is 4. The summed E-state index contributed by atoms with van der Waals surface area (Å²) in [6.45, 7) is 1.69. The Morgan fingerprint density at radius 1 is 1.47 bits per heavy atom. The van der Waals surface area contributed by atoms with E-state index in [0.29, 0.717) is 6.54 Å². The third-order valence-electron chi connectivity index (χ3n) is 2.29. The van der Waals surface area contributed by atoms with Crippen molar-refractivity contribution in [2.45, 2.75) is 18.6 Å². The number of aliphatic hydroxyl groups is 3. The molecule has 86 valence electrons. The Labute approximate surface area is 93.2 Å². The van der Waals surface area contributed by atoms with Crippen molar-refractivity contribution < 1.29 is 15.3 Å². The highest BCUT2D eigenvalue weighted by atomic mass is 32.1. The maximum atomic E-state index is 9.75. The average Bonchev–Trinajstić information content (AvgIpc) is 2.79. The zero-order valence-corrected chi connectivity index (χ0v) is 9.50. The zero-order chi connectivity index (χ0) is 11.3. The number of aliphatic hydroxyl groups excluding tert-OH is 3. The minimum atomic E-state index is -0.738. The van der Waals surface area contributed by atoms with E-state index in [1.54, 1.807) is 6.92 Å². The van der Waals surface area contributed by atoms with Gasteiger partial charge < -0.3 is 20.6 Å². The fourth-order valence-electron chi connectivity index (χ4n) is 1.09.